The number of carbonyl (C=O) groups is 1. The average Bonchev–Trinajstić information content (AvgIpc) is 2.64. The highest BCUT2D eigenvalue weighted by atomic mass is 19.3. The summed E-state index contributed by atoms with van der Waals surface area (Å²) in [5, 5.41) is 2.76. The van der Waals surface area contributed by atoms with Crippen molar-refractivity contribution in [3.05, 3.63) is 59.2 Å². The second kappa shape index (κ2) is 9.33. The summed E-state index contributed by atoms with van der Waals surface area (Å²) in [6, 6.07) is 12.1. The number of anilines is 1. The van der Waals surface area contributed by atoms with Crippen molar-refractivity contribution in [2.75, 3.05) is 18.4 Å². The minimum absolute atomic E-state index is 0.0436. The molecule has 1 heterocycles. The molecule has 2 unspecified atom stereocenters. The van der Waals surface area contributed by atoms with Gasteiger partial charge in [-0.05, 0) is 50.6 Å². The zero-order valence-electron chi connectivity index (χ0n) is 16.8. The second-order valence-corrected chi connectivity index (χ2v) is 7.41. The van der Waals surface area contributed by atoms with Crippen molar-refractivity contribution in [3.8, 4) is 5.75 Å². The van der Waals surface area contributed by atoms with Crippen molar-refractivity contribution in [1.82, 2.24) is 4.90 Å². The Morgan fingerprint density at radius 3 is 2.45 bits per heavy atom. The predicted molar refractivity (Wildman–Crippen MR) is 107 cm³/mol. The lowest BCUT2D eigenvalue weighted by Crippen LogP contribution is -2.44. The van der Waals surface area contributed by atoms with Crippen LogP contribution in [0.15, 0.2) is 42.5 Å². The summed E-state index contributed by atoms with van der Waals surface area (Å²) in [4.78, 5) is 14.9. The molecule has 0 aromatic heterocycles. The summed E-state index contributed by atoms with van der Waals surface area (Å²) in [6.07, 6.45) is 0.411. The van der Waals surface area contributed by atoms with Gasteiger partial charge in [0.2, 0.25) is 0 Å². The van der Waals surface area contributed by atoms with Crippen molar-refractivity contribution in [3.63, 3.8) is 0 Å². The van der Waals surface area contributed by atoms with E-state index in [1.807, 2.05) is 12.1 Å². The van der Waals surface area contributed by atoms with E-state index in [0.717, 1.165) is 25.2 Å². The van der Waals surface area contributed by atoms with E-state index >= 15 is 0 Å². The van der Waals surface area contributed by atoms with Crippen LogP contribution in [0.2, 0.25) is 0 Å². The quantitative estimate of drug-likeness (QED) is 0.773. The fraction of sp³-hybridized carbons (Fsp3) is 0.409. The normalized spacial score (nSPS) is 19.9. The molecule has 2 aromatic carbocycles. The van der Waals surface area contributed by atoms with Gasteiger partial charge in [-0.25, -0.2) is 0 Å². The summed E-state index contributed by atoms with van der Waals surface area (Å²) >= 11 is 0. The number of amides is 1. The Balaban J connectivity index is 1.64. The first-order valence-corrected chi connectivity index (χ1v) is 9.64. The molecular formula is C22H26F2N2O3. The van der Waals surface area contributed by atoms with Crippen LogP contribution in [0.1, 0.15) is 35.3 Å². The van der Waals surface area contributed by atoms with Gasteiger partial charge in [0.1, 0.15) is 5.75 Å². The number of hydrogen-bond acceptors (Lipinski definition) is 4. The summed E-state index contributed by atoms with van der Waals surface area (Å²) in [7, 11) is 0. The standard InChI is InChI=1S/C22H26F2N2O3/c1-14-11-26(12-15(2)28-14)13-17-7-9-18(10-8-17)21(27)25-19-5-4-6-20(16(19)3)29-22(23)24/h4-10,14-15,22H,11-13H2,1-3H3,(H,25,27). The number of rotatable bonds is 6. The topological polar surface area (TPSA) is 50.8 Å². The number of alkyl halides is 2. The Labute approximate surface area is 169 Å². The number of nitrogens with zero attached hydrogens (tertiary/aromatic N) is 1. The minimum atomic E-state index is -2.91. The number of nitrogens with one attached hydrogen (secondary N) is 1. The number of morpholine rings is 1. The molecule has 2 atom stereocenters. The number of halogens is 2. The van der Waals surface area contributed by atoms with E-state index in [2.05, 4.69) is 28.8 Å². The Hall–Kier alpha value is -2.51. The molecule has 1 aliphatic heterocycles. The number of benzene rings is 2. The molecule has 5 nitrogen and oxygen atoms in total. The minimum Gasteiger partial charge on any atom is -0.434 e. The van der Waals surface area contributed by atoms with Gasteiger partial charge in [0.25, 0.3) is 5.91 Å². The van der Waals surface area contributed by atoms with Gasteiger partial charge in [0, 0.05) is 36.4 Å². The molecule has 1 aliphatic rings. The van der Waals surface area contributed by atoms with Gasteiger partial charge in [-0.15, -0.1) is 0 Å². The summed E-state index contributed by atoms with van der Waals surface area (Å²) in [6.45, 7) is 5.40. The molecule has 29 heavy (non-hydrogen) atoms. The van der Waals surface area contributed by atoms with Gasteiger partial charge in [-0.3, -0.25) is 9.69 Å². The van der Waals surface area contributed by atoms with Crippen LogP contribution in [0.5, 0.6) is 5.75 Å². The SMILES string of the molecule is Cc1c(NC(=O)c2ccc(CN3CC(C)OC(C)C3)cc2)cccc1OC(F)F. The fourth-order valence-corrected chi connectivity index (χ4v) is 3.60. The average molecular weight is 404 g/mol. The van der Waals surface area contributed by atoms with E-state index in [4.69, 9.17) is 4.74 Å². The molecule has 156 valence electrons. The first-order chi connectivity index (χ1) is 13.8. The monoisotopic (exact) mass is 404 g/mol. The molecule has 0 radical (unpaired) electrons. The van der Waals surface area contributed by atoms with Crippen molar-refractivity contribution < 1.29 is 23.0 Å². The molecule has 0 aliphatic carbocycles. The van der Waals surface area contributed by atoms with E-state index in [9.17, 15) is 13.6 Å². The van der Waals surface area contributed by atoms with Crippen LogP contribution >= 0.6 is 0 Å². The molecule has 0 spiro atoms. The van der Waals surface area contributed by atoms with Gasteiger partial charge in [0.05, 0.1) is 12.2 Å². The molecule has 0 saturated carbocycles. The van der Waals surface area contributed by atoms with E-state index in [1.165, 1.54) is 6.07 Å². The van der Waals surface area contributed by atoms with E-state index < -0.39 is 6.61 Å². The van der Waals surface area contributed by atoms with Gasteiger partial charge in [0.15, 0.2) is 0 Å². The number of ether oxygens (including phenoxy) is 2. The number of hydrogen-bond donors (Lipinski definition) is 1. The van der Waals surface area contributed by atoms with E-state index in [-0.39, 0.29) is 23.9 Å². The van der Waals surface area contributed by atoms with Crippen LogP contribution < -0.4 is 10.1 Å². The Morgan fingerprint density at radius 1 is 1.17 bits per heavy atom. The number of carbonyl (C=O) groups excluding carboxylic acids is 1. The highest BCUT2D eigenvalue weighted by molar-refractivity contribution is 6.04. The Morgan fingerprint density at radius 2 is 1.83 bits per heavy atom. The third-order valence-electron chi connectivity index (χ3n) is 4.87. The van der Waals surface area contributed by atoms with Crippen molar-refractivity contribution >= 4 is 11.6 Å². The van der Waals surface area contributed by atoms with Gasteiger partial charge < -0.3 is 14.8 Å². The van der Waals surface area contributed by atoms with Gasteiger partial charge >= 0.3 is 6.61 Å². The van der Waals surface area contributed by atoms with Crippen LogP contribution in [0.3, 0.4) is 0 Å². The highest BCUT2D eigenvalue weighted by Gasteiger charge is 2.22. The zero-order valence-corrected chi connectivity index (χ0v) is 16.8. The molecule has 2 aromatic rings. The first-order valence-electron chi connectivity index (χ1n) is 9.64. The summed E-state index contributed by atoms with van der Waals surface area (Å²) in [5.41, 5.74) is 2.50. The molecule has 0 bridgehead atoms. The lowest BCUT2D eigenvalue weighted by molar-refractivity contribution is -0.0704. The van der Waals surface area contributed by atoms with Crippen molar-refractivity contribution in [2.24, 2.45) is 0 Å². The third-order valence-corrected chi connectivity index (χ3v) is 4.87. The van der Waals surface area contributed by atoms with Crippen LogP contribution in [0.25, 0.3) is 0 Å². The van der Waals surface area contributed by atoms with Crippen LogP contribution in [0, 0.1) is 6.92 Å². The maximum atomic E-state index is 12.6. The lowest BCUT2D eigenvalue weighted by Gasteiger charge is -2.35. The lowest BCUT2D eigenvalue weighted by atomic mass is 10.1. The fourth-order valence-electron chi connectivity index (χ4n) is 3.60. The smallest absolute Gasteiger partial charge is 0.387 e. The molecule has 1 amide bonds. The Bertz CT molecular complexity index is 832. The van der Waals surface area contributed by atoms with Crippen LogP contribution in [-0.2, 0) is 11.3 Å². The second-order valence-electron chi connectivity index (χ2n) is 7.41. The molecule has 1 N–H and O–H groups in total. The predicted octanol–water partition coefficient (Wildman–Crippen LogP) is 4.46. The largest absolute Gasteiger partial charge is 0.434 e. The zero-order chi connectivity index (χ0) is 21.0. The van der Waals surface area contributed by atoms with Crippen LogP contribution in [-0.4, -0.2) is 42.7 Å². The van der Waals surface area contributed by atoms with Gasteiger partial charge in [-0.2, -0.15) is 8.78 Å². The molecular weight excluding hydrogens is 378 g/mol. The Kier molecular flexibility index (Phi) is 6.82. The van der Waals surface area contributed by atoms with Gasteiger partial charge in [-0.1, -0.05) is 18.2 Å². The molecule has 1 saturated heterocycles. The van der Waals surface area contributed by atoms with E-state index in [0.29, 0.717) is 16.8 Å². The first kappa shape index (κ1) is 21.2. The van der Waals surface area contributed by atoms with Crippen molar-refractivity contribution in [1.29, 1.82) is 0 Å². The molecule has 1 fully saturated rings. The summed E-state index contributed by atoms with van der Waals surface area (Å²) in [5.74, 6) is -0.260. The van der Waals surface area contributed by atoms with Crippen molar-refractivity contribution in [2.45, 2.75) is 46.1 Å². The molecule has 7 heteroatoms. The third kappa shape index (κ3) is 5.74. The molecule has 3 rings (SSSR count). The highest BCUT2D eigenvalue weighted by Crippen LogP contribution is 2.27. The van der Waals surface area contributed by atoms with Crippen LogP contribution in [0.4, 0.5) is 14.5 Å². The maximum absolute atomic E-state index is 12.6. The maximum Gasteiger partial charge on any atom is 0.387 e. The van der Waals surface area contributed by atoms with E-state index in [1.54, 1.807) is 31.2 Å². The summed E-state index contributed by atoms with van der Waals surface area (Å²) < 4.78 is 35.2.